The van der Waals surface area contributed by atoms with Crippen LogP contribution in [-0.2, 0) is 4.79 Å². The lowest BCUT2D eigenvalue weighted by Gasteiger charge is -2.05. The second-order valence-electron chi connectivity index (χ2n) is 3.57. The number of carbonyl (C=O) groups excluding carboxylic acids is 1. The first kappa shape index (κ1) is 6.89. The summed E-state index contributed by atoms with van der Waals surface area (Å²) in [7, 11) is 0. The molecule has 2 aliphatic rings. The summed E-state index contributed by atoms with van der Waals surface area (Å²) in [4.78, 5) is 10.8. The second-order valence-corrected chi connectivity index (χ2v) is 3.57. The molecule has 0 aromatic heterocycles. The molecule has 0 atom stereocenters. The van der Waals surface area contributed by atoms with Crippen LogP contribution in [0.15, 0.2) is 11.1 Å². The zero-order valence-electron chi connectivity index (χ0n) is 6.60. The van der Waals surface area contributed by atoms with Crippen LogP contribution in [0.3, 0.4) is 0 Å². The number of amides is 1. The maximum Gasteiger partial charge on any atom is 0.221 e. The Morgan fingerprint density at radius 3 is 2.27 bits per heavy atom. The van der Waals surface area contributed by atoms with E-state index in [4.69, 9.17) is 5.73 Å². The van der Waals surface area contributed by atoms with E-state index in [2.05, 4.69) is 0 Å². The van der Waals surface area contributed by atoms with Gasteiger partial charge in [-0.2, -0.15) is 0 Å². The molecule has 2 heteroatoms. The first-order valence-corrected chi connectivity index (χ1v) is 4.26. The maximum atomic E-state index is 10.8. The van der Waals surface area contributed by atoms with Crippen molar-refractivity contribution >= 4 is 5.91 Å². The van der Waals surface area contributed by atoms with Gasteiger partial charge in [-0.05, 0) is 32.1 Å². The van der Waals surface area contributed by atoms with Gasteiger partial charge in [-0.1, -0.05) is 11.1 Å². The molecule has 0 aliphatic heterocycles. The average molecular weight is 151 g/mol. The third-order valence-electron chi connectivity index (χ3n) is 2.85. The van der Waals surface area contributed by atoms with Gasteiger partial charge in [0, 0.05) is 5.92 Å². The highest BCUT2D eigenvalue weighted by Gasteiger charge is 2.29. The van der Waals surface area contributed by atoms with Gasteiger partial charge in [0.05, 0.1) is 0 Å². The minimum atomic E-state index is -0.112. The Labute approximate surface area is 66.5 Å². The number of primary amides is 1. The molecular formula is C9H13NO. The minimum Gasteiger partial charge on any atom is -0.369 e. The van der Waals surface area contributed by atoms with Crippen LogP contribution in [0.5, 0.6) is 0 Å². The summed E-state index contributed by atoms with van der Waals surface area (Å²) < 4.78 is 0. The Morgan fingerprint density at radius 1 is 1.27 bits per heavy atom. The zero-order valence-corrected chi connectivity index (χ0v) is 6.60. The molecule has 0 bridgehead atoms. The van der Waals surface area contributed by atoms with Gasteiger partial charge in [0.25, 0.3) is 0 Å². The van der Waals surface area contributed by atoms with Crippen molar-refractivity contribution in [1.82, 2.24) is 0 Å². The molecule has 11 heavy (non-hydrogen) atoms. The first-order chi connectivity index (χ1) is 5.27. The van der Waals surface area contributed by atoms with Gasteiger partial charge in [0.15, 0.2) is 0 Å². The summed E-state index contributed by atoms with van der Waals surface area (Å²) in [6.45, 7) is 0. The fourth-order valence-electron chi connectivity index (χ4n) is 2.23. The zero-order chi connectivity index (χ0) is 7.84. The molecule has 0 heterocycles. The van der Waals surface area contributed by atoms with Crippen LogP contribution < -0.4 is 5.73 Å². The highest BCUT2D eigenvalue weighted by Crippen LogP contribution is 2.41. The molecule has 0 fully saturated rings. The molecule has 0 aromatic carbocycles. The van der Waals surface area contributed by atoms with E-state index < -0.39 is 0 Å². The lowest BCUT2D eigenvalue weighted by Crippen LogP contribution is -2.21. The van der Waals surface area contributed by atoms with Crippen LogP contribution in [0, 0.1) is 5.92 Å². The van der Waals surface area contributed by atoms with Crippen molar-refractivity contribution in [3.05, 3.63) is 11.1 Å². The van der Waals surface area contributed by atoms with E-state index >= 15 is 0 Å². The van der Waals surface area contributed by atoms with Crippen molar-refractivity contribution in [2.24, 2.45) is 11.7 Å². The van der Waals surface area contributed by atoms with E-state index in [0.717, 1.165) is 12.8 Å². The largest absolute Gasteiger partial charge is 0.369 e. The van der Waals surface area contributed by atoms with Crippen LogP contribution in [-0.4, -0.2) is 5.91 Å². The second kappa shape index (κ2) is 2.36. The summed E-state index contributed by atoms with van der Waals surface area (Å²) in [5.74, 6) is 0.0275. The number of nitrogens with two attached hydrogens (primary N) is 1. The fourth-order valence-corrected chi connectivity index (χ4v) is 2.23. The summed E-state index contributed by atoms with van der Waals surface area (Å²) in [5, 5.41) is 0. The fraction of sp³-hybridized carbons (Fsp3) is 0.667. The van der Waals surface area contributed by atoms with Crippen LogP contribution in [0.1, 0.15) is 32.1 Å². The van der Waals surface area contributed by atoms with Crippen molar-refractivity contribution in [2.45, 2.75) is 32.1 Å². The molecular weight excluding hydrogens is 138 g/mol. The Balaban J connectivity index is 2.06. The molecule has 0 saturated carbocycles. The van der Waals surface area contributed by atoms with Gasteiger partial charge >= 0.3 is 0 Å². The van der Waals surface area contributed by atoms with Crippen molar-refractivity contribution < 1.29 is 4.79 Å². The maximum absolute atomic E-state index is 10.8. The van der Waals surface area contributed by atoms with Crippen LogP contribution in [0.4, 0.5) is 0 Å². The number of hydrogen-bond acceptors (Lipinski definition) is 1. The molecule has 2 aliphatic carbocycles. The molecule has 0 radical (unpaired) electrons. The van der Waals surface area contributed by atoms with Crippen LogP contribution in [0.25, 0.3) is 0 Å². The number of carbonyl (C=O) groups is 1. The Morgan fingerprint density at radius 2 is 1.82 bits per heavy atom. The number of allylic oxidation sites excluding steroid dienone is 2. The van der Waals surface area contributed by atoms with Crippen LogP contribution >= 0.6 is 0 Å². The Hall–Kier alpha value is -0.790. The van der Waals surface area contributed by atoms with E-state index in [0.29, 0.717) is 0 Å². The monoisotopic (exact) mass is 151 g/mol. The van der Waals surface area contributed by atoms with Crippen LogP contribution in [0.2, 0.25) is 0 Å². The highest BCUT2D eigenvalue weighted by atomic mass is 16.1. The van der Waals surface area contributed by atoms with E-state index in [1.165, 1.54) is 30.4 Å². The number of rotatable bonds is 1. The summed E-state index contributed by atoms with van der Waals surface area (Å²) in [6.07, 6.45) is 5.67. The summed E-state index contributed by atoms with van der Waals surface area (Å²) in [6, 6.07) is 0. The van der Waals surface area contributed by atoms with Crippen molar-refractivity contribution in [3.8, 4) is 0 Å². The molecule has 2 N–H and O–H groups in total. The van der Waals surface area contributed by atoms with Crippen molar-refractivity contribution in [3.63, 3.8) is 0 Å². The summed E-state index contributed by atoms with van der Waals surface area (Å²) >= 11 is 0. The Bertz CT molecular complexity index is 214. The molecule has 1 amide bonds. The van der Waals surface area contributed by atoms with E-state index in [-0.39, 0.29) is 11.8 Å². The van der Waals surface area contributed by atoms with Crippen molar-refractivity contribution in [2.75, 3.05) is 0 Å². The molecule has 60 valence electrons. The normalized spacial score (nSPS) is 24.4. The van der Waals surface area contributed by atoms with Crippen molar-refractivity contribution in [1.29, 1.82) is 0 Å². The number of hydrogen-bond donors (Lipinski definition) is 1. The predicted molar refractivity (Wildman–Crippen MR) is 42.8 cm³/mol. The Kier molecular flexibility index (Phi) is 1.48. The summed E-state index contributed by atoms with van der Waals surface area (Å²) in [5.41, 5.74) is 8.31. The molecule has 2 nitrogen and oxygen atoms in total. The van der Waals surface area contributed by atoms with E-state index in [1.807, 2.05) is 0 Å². The van der Waals surface area contributed by atoms with Gasteiger partial charge in [-0.3, -0.25) is 4.79 Å². The molecule has 0 aromatic rings. The molecule has 2 rings (SSSR count). The molecule has 0 saturated heterocycles. The standard InChI is InChI=1S/C9H13NO/c10-9(11)8-4-6-2-1-3-7(6)5-8/h8H,1-5H2,(H2,10,11). The van der Waals surface area contributed by atoms with Gasteiger partial charge in [-0.15, -0.1) is 0 Å². The minimum absolute atomic E-state index is 0.112. The molecule has 0 unspecified atom stereocenters. The smallest absolute Gasteiger partial charge is 0.221 e. The van der Waals surface area contributed by atoms with Gasteiger partial charge in [-0.25, -0.2) is 0 Å². The average Bonchev–Trinajstić information content (AvgIpc) is 2.40. The molecule has 0 spiro atoms. The topological polar surface area (TPSA) is 43.1 Å². The predicted octanol–water partition coefficient (Wildman–Crippen LogP) is 1.36. The van der Waals surface area contributed by atoms with Gasteiger partial charge < -0.3 is 5.73 Å². The third kappa shape index (κ3) is 1.06. The quantitative estimate of drug-likeness (QED) is 0.565. The van der Waals surface area contributed by atoms with Gasteiger partial charge in [0.2, 0.25) is 5.91 Å². The lowest BCUT2D eigenvalue weighted by molar-refractivity contribution is -0.121. The highest BCUT2D eigenvalue weighted by molar-refractivity contribution is 5.78. The van der Waals surface area contributed by atoms with E-state index in [1.54, 1.807) is 0 Å². The SMILES string of the molecule is NC(=O)C1CC2=C(CCC2)C1. The lowest BCUT2D eigenvalue weighted by atomic mass is 10.0. The van der Waals surface area contributed by atoms with Gasteiger partial charge in [0.1, 0.15) is 0 Å². The third-order valence-corrected chi connectivity index (χ3v) is 2.85. The van der Waals surface area contributed by atoms with E-state index in [9.17, 15) is 4.79 Å². The first-order valence-electron chi connectivity index (χ1n) is 4.26.